The molecule has 17 heavy (non-hydrogen) atoms. The van der Waals surface area contributed by atoms with Crippen molar-refractivity contribution in [2.45, 2.75) is 0 Å². The summed E-state index contributed by atoms with van der Waals surface area (Å²) < 4.78 is 29.2. The van der Waals surface area contributed by atoms with Gasteiger partial charge in [-0.15, -0.1) is 0 Å². The molecule has 0 radical (unpaired) electrons. The average molecular weight is 259 g/mol. The lowest BCUT2D eigenvalue weighted by Crippen LogP contribution is -2.35. The van der Waals surface area contributed by atoms with Gasteiger partial charge in [0.15, 0.2) is 0 Å². The molecule has 0 saturated carbocycles. The van der Waals surface area contributed by atoms with E-state index in [1.165, 1.54) is 4.31 Å². The second-order valence-corrected chi connectivity index (χ2v) is 5.53. The third-order valence-corrected chi connectivity index (χ3v) is 3.47. The SMILES string of the molecule is CS(=O)(=O)N(CCO)CCOc1ccccc1. The van der Waals surface area contributed by atoms with Gasteiger partial charge < -0.3 is 9.84 Å². The molecule has 0 aliphatic carbocycles. The zero-order valence-electron chi connectivity index (χ0n) is 9.74. The first kappa shape index (κ1) is 14.0. The number of para-hydroxylation sites is 1. The first-order valence-corrected chi connectivity index (χ1v) is 7.12. The van der Waals surface area contributed by atoms with Crippen molar-refractivity contribution in [1.29, 1.82) is 0 Å². The van der Waals surface area contributed by atoms with Crippen LogP contribution < -0.4 is 4.74 Å². The number of rotatable bonds is 7. The maximum absolute atomic E-state index is 11.3. The van der Waals surface area contributed by atoms with Crippen LogP contribution in [-0.4, -0.2) is 50.4 Å². The molecule has 0 saturated heterocycles. The van der Waals surface area contributed by atoms with Crippen LogP contribution in [0.15, 0.2) is 30.3 Å². The number of ether oxygens (including phenoxy) is 1. The van der Waals surface area contributed by atoms with E-state index in [4.69, 9.17) is 9.84 Å². The Labute approximate surface area is 102 Å². The number of hydrogen-bond donors (Lipinski definition) is 1. The molecule has 96 valence electrons. The van der Waals surface area contributed by atoms with Gasteiger partial charge in [0.1, 0.15) is 12.4 Å². The van der Waals surface area contributed by atoms with Crippen molar-refractivity contribution in [2.75, 3.05) is 32.6 Å². The monoisotopic (exact) mass is 259 g/mol. The van der Waals surface area contributed by atoms with Gasteiger partial charge in [-0.2, -0.15) is 4.31 Å². The van der Waals surface area contributed by atoms with Gasteiger partial charge in [-0.25, -0.2) is 8.42 Å². The molecule has 0 amide bonds. The van der Waals surface area contributed by atoms with Gasteiger partial charge in [-0.05, 0) is 12.1 Å². The van der Waals surface area contributed by atoms with Gasteiger partial charge >= 0.3 is 0 Å². The first-order valence-electron chi connectivity index (χ1n) is 5.28. The fraction of sp³-hybridized carbons (Fsp3) is 0.455. The zero-order chi connectivity index (χ0) is 12.7. The van der Waals surface area contributed by atoms with Crippen molar-refractivity contribution >= 4 is 10.0 Å². The minimum Gasteiger partial charge on any atom is -0.492 e. The van der Waals surface area contributed by atoms with Crippen LogP contribution in [0.1, 0.15) is 0 Å². The molecular weight excluding hydrogens is 242 g/mol. The Balaban J connectivity index is 2.43. The quantitative estimate of drug-likeness (QED) is 0.766. The Morgan fingerprint density at radius 3 is 2.41 bits per heavy atom. The van der Waals surface area contributed by atoms with Crippen LogP contribution in [-0.2, 0) is 10.0 Å². The second kappa shape index (κ2) is 6.58. The summed E-state index contributed by atoms with van der Waals surface area (Å²) in [5.74, 6) is 0.699. The molecule has 0 spiro atoms. The lowest BCUT2D eigenvalue weighted by Gasteiger charge is -2.18. The number of aliphatic hydroxyl groups is 1. The molecule has 1 N–H and O–H groups in total. The van der Waals surface area contributed by atoms with Crippen LogP contribution >= 0.6 is 0 Å². The summed E-state index contributed by atoms with van der Waals surface area (Å²) in [5, 5.41) is 8.77. The highest BCUT2D eigenvalue weighted by atomic mass is 32.2. The van der Waals surface area contributed by atoms with Gasteiger partial charge in [-0.3, -0.25) is 0 Å². The van der Waals surface area contributed by atoms with E-state index < -0.39 is 10.0 Å². The number of benzene rings is 1. The smallest absolute Gasteiger partial charge is 0.211 e. The normalized spacial score (nSPS) is 11.7. The first-order chi connectivity index (χ1) is 8.04. The van der Waals surface area contributed by atoms with E-state index >= 15 is 0 Å². The summed E-state index contributed by atoms with van der Waals surface area (Å²) in [6.07, 6.45) is 1.12. The predicted octanol–water partition coefficient (Wildman–Crippen LogP) is 0.319. The molecule has 0 unspecified atom stereocenters. The number of hydrogen-bond acceptors (Lipinski definition) is 4. The molecule has 0 heterocycles. The Hall–Kier alpha value is -1.11. The van der Waals surface area contributed by atoms with Crippen molar-refractivity contribution in [3.05, 3.63) is 30.3 Å². The Morgan fingerprint density at radius 1 is 1.24 bits per heavy atom. The van der Waals surface area contributed by atoms with Crippen LogP contribution in [0, 0.1) is 0 Å². The molecule has 0 fully saturated rings. The minimum atomic E-state index is -3.29. The molecular formula is C11H17NO4S. The highest BCUT2D eigenvalue weighted by Crippen LogP contribution is 2.08. The molecule has 0 atom stereocenters. The summed E-state index contributed by atoms with van der Waals surface area (Å²) in [4.78, 5) is 0. The highest BCUT2D eigenvalue weighted by Gasteiger charge is 2.15. The molecule has 1 rings (SSSR count). The topological polar surface area (TPSA) is 66.8 Å². The lowest BCUT2D eigenvalue weighted by molar-refractivity contribution is 0.227. The van der Waals surface area contributed by atoms with Crippen molar-refractivity contribution in [1.82, 2.24) is 4.31 Å². The van der Waals surface area contributed by atoms with E-state index in [1.807, 2.05) is 18.2 Å². The third kappa shape index (κ3) is 5.16. The number of aliphatic hydroxyl groups excluding tert-OH is 1. The average Bonchev–Trinajstić information content (AvgIpc) is 2.28. The van der Waals surface area contributed by atoms with Crippen molar-refractivity contribution < 1.29 is 18.3 Å². The molecule has 1 aromatic carbocycles. The van der Waals surface area contributed by atoms with E-state index in [9.17, 15) is 8.42 Å². The molecule has 6 heteroatoms. The summed E-state index contributed by atoms with van der Waals surface area (Å²) >= 11 is 0. The highest BCUT2D eigenvalue weighted by molar-refractivity contribution is 7.88. The zero-order valence-corrected chi connectivity index (χ0v) is 10.6. The molecule has 0 bridgehead atoms. The van der Waals surface area contributed by atoms with Crippen LogP contribution in [0.25, 0.3) is 0 Å². The maximum atomic E-state index is 11.3. The van der Waals surface area contributed by atoms with Crippen molar-refractivity contribution in [3.8, 4) is 5.75 Å². The fourth-order valence-electron chi connectivity index (χ4n) is 1.34. The van der Waals surface area contributed by atoms with Crippen LogP contribution in [0.3, 0.4) is 0 Å². The Bertz CT molecular complexity index is 418. The number of nitrogens with zero attached hydrogens (tertiary/aromatic N) is 1. The van der Waals surface area contributed by atoms with E-state index in [1.54, 1.807) is 12.1 Å². The summed E-state index contributed by atoms with van der Waals surface area (Å²) in [6.45, 7) is 0.390. The second-order valence-electron chi connectivity index (χ2n) is 3.55. The predicted molar refractivity (Wildman–Crippen MR) is 65.4 cm³/mol. The van der Waals surface area contributed by atoms with Crippen LogP contribution in [0.4, 0.5) is 0 Å². The van der Waals surface area contributed by atoms with E-state index in [0.29, 0.717) is 5.75 Å². The van der Waals surface area contributed by atoms with Crippen LogP contribution in [0.2, 0.25) is 0 Å². The van der Waals surface area contributed by atoms with Gasteiger partial charge in [-0.1, -0.05) is 18.2 Å². The Kier molecular flexibility index (Phi) is 5.40. The van der Waals surface area contributed by atoms with Gasteiger partial charge in [0.2, 0.25) is 10.0 Å². The van der Waals surface area contributed by atoms with E-state index in [-0.39, 0.29) is 26.3 Å². The number of sulfonamides is 1. The van der Waals surface area contributed by atoms with E-state index in [2.05, 4.69) is 0 Å². The van der Waals surface area contributed by atoms with Gasteiger partial charge in [0.25, 0.3) is 0 Å². The summed E-state index contributed by atoms with van der Waals surface area (Å²) in [5.41, 5.74) is 0. The summed E-state index contributed by atoms with van der Waals surface area (Å²) in [6, 6.07) is 9.17. The van der Waals surface area contributed by atoms with Gasteiger partial charge in [0.05, 0.1) is 12.9 Å². The lowest BCUT2D eigenvalue weighted by atomic mass is 10.3. The molecule has 0 aliphatic heterocycles. The van der Waals surface area contributed by atoms with Gasteiger partial charge in [0, 0.05) is 13.1 Å². The van der Waals surface area contributed by atoms with Crippen molar-refractivity contribution in [2.24, 2.45) is 0 Å². The molecule has 0 aliphatic rings. The van der Waals surface area contributed by atoms with E-state index in [0.717, 1.165) is 6.26 Å². The third-order valence-electron chi connectivity index (χ3n) is 2.17. The summed E-state index contributed by atoms with van der Waals surface area (Å²) in [7, 11) is -3.29. The molecule has 0 aromatic heterocycles. The maximum Gasteiger partial charge on any atom is 0.211 e. The Morgan fingerprint density at radius 2 is 1.88 bits per heavy atom. The standard InChI is InChI=1S/C11H17NO4S/c1-17(14,15)12(7-9-13)8-10-16-11-5-3-2-4-6-11/h2-6,13H,7-10H2,1H3. The minimum absolute atomic E-state index is 0.0942. The fourth-order valence-corrected chi connectivity index (χ4v) is 2.16. The largest absolute Gasteiger partial charge is 0.492 e. The molecule has 5 nitrogen and oxygen atoms in total. The molecule has 1 aromatic rings. The van der Waals surface area contributed by atoms with Crippen LogP contribution in [0.5, 0.6) is 5.75 Å². The van der Waals surface area contributed by atoms with Crippen molar-refractivity contribution in [3.63, 3.8) is 0 Å².